The Hall–Kier alpha value is -0.710. The normalized spacial score (nSPS) is 13.0. The highest BCUT2D eigenvalue weighted by molar-refractivity contribution is 7.09. The smallest absolute Gasteiger partial charge is 0.0897 e. The maximum atomic E-state index is 9.73. The van der Waals surface area contributed by atoms with Crippen LogP contribution in [0.5, 0.6) is 0 Å². The van der Waals surface area contributed by atoms with Crippen molar-refractivity contribution >= 4 is 11.3 Å². The van der Waals surface area contributed by atoms with Crippen molar-refractivity contribution in [1.29, 1.82) is 0 Å². The summed E-state index contributed by atoms with van der Waals surface area (Å²) in [7, 11) is 2.01. The van der Waals surface area contributed by atoms with Crippen LogP contribution >= 0.6 is 11.3 Å². The number of thiazole rings is 1. The average Bonchev–Trinajstić information content (AvgIpc) is 2.60. The number of rotatable bonds is 7. The molecule has 3 nitrogen and oxygen atoms in total. The number of nitrogens with zero attached hydrogens (tertiary/aromatic N) is 2. The maximum absolute atomic E-state index is 9.73. The summed E-state index contributed by atoms with van der Waals surface area (Å²) in [6.07, 6.45) is 3.21. The predicted molar refractivity (Wildman–Crippen MR) is 68.6 cm³/mol. The molecule has 0 saturated carbocycles. The molecule has 1 N–H and O–H groups in total. The lowest BCUT2D eigenvalue weighted by Gasteiger charge is -2.19. The standard InChI is InChI=1S/C12H20N2OS/c1-4-5-6-12(15)8-14(3)7-11-9-16-10(2)13-11/h4,9,12,15H,1,5-8H2,2-3H3. The lowest BCUT2D eigenvalue weighted by molar-refractivity contribution is 0.115. The van der Waals surface area contributed by atoms with Crippen LogP contribution in [0, 0.1) is 6.92 Å². The molecule has 0 spiro atoms. The van der Waals surface area contributed by atoms with Gasteiger partial charge in [-0.25, -0.2) is 4.98 Å². The molecule has 4 heteroatoms. The largest absolute Gasteiger partial charge is 0.392 e. The van der Waals surface area contributed by atoms with Crippen molar-refractivity contribution in [2.75, 3.05) is 13.6 Å². The van der Waals surface area contributed by atoms with E-state index in [1.807, 2.05) is 20.0 Å². The fourth-order valence-electron chi connectivity index (χ4n) is 1.58. The lowest BCUT2D eigenvalue weighted by atomic mass is 10.2. The topological polar surface area (TPSA) is 36.4 Å². The summed E-state index contributed by atoms with van der Waals surface area (Å²) < 4.78 is 0. The Morgan fingerprint density at radius 2 is 2.44 bits per heavy atom. The maximum Gasteiger partial charge on any atom is 0.0897 e. The number of allylic oxidation sites excluding steroid dienone is 1. The van der Waals surface area contributed by atoms with Crippen molar-refractivity contribution in [3.63, 3.8) is 0 Å². The Balaban J connectivity index is 2.29. The summed E-state index contributed by atoms with van der Waals surface area (Å²) >= 11 is 1.67. The van der Waals surface area contributed by atoms with Crippen molar-refractivity contribution in [3.8, 4) is 0 Å². The minimum atomic E-state index is -0.275. The molecule has 0 amide bonds. The van der Waals surface area contributed by atoms with Gasteiger partial charge in [0.15, 0.2) is 0 Å². The first kappa shape index (κ1) is 13.4. The van der Waals surface area contributed by atoms with Crippen LogP contribution in [0.1, 0.15) is 23.5 Å². The van der Waals surface area contributed by atoms with Crippen molar-refractivity contribution in [2.24, 2.45) is 0 Å². The van der Waals surface area contributed by atoms with Crippen molar-refractivity contribution in [2.45, 2.75) is 32.4 Å². The number of aryl methyl sites for hydroxylation is 1. The average molecular weight is 240 g/mol. The Morgan fingerprint density at radius 3 is 3.00 bits per heavy atom. The van der Waals surface area contributed by atoms with Gasteiger partial charge in [-0.15, -0.1) is 17.9 Å². The van der Waals surface area contributed by atoms with E-state index in [4.69, 9.17) is 0 Å². The van der Waals surface area contributed by atoms with Crippen LogP contribution in [0.25, 0.3) is 0 Å². The molecule has 0 aliphatic carbocycles. The molecule has 0 bridgehead atoms. The van der Waals surface area contributed by atoms with E-state index in [1.54, 1.807) is 11.3 Å². The van der Waals surface area contributed by atoms with Crippen LogP contribution in [-0.2, 0) is 6.54 Å². The summed E-state index contributed by atoms with van der Waals surface area (Å²) in [6, 6.07) is 0. The van der Waals surface area contributed by atoms with Gasteiger partial charge in [-0.3, -0.25) is 4.90 Å². The number of aliphatic hydroxyl groups is 1. The first-order valence-corrected chi connectivity index (χ1v) is 6.38. The van der Waals surface area contributed by atoms with E-state index < -0.39 is 0 Å². The van der Waals surface area contributed by atoms with E-state index >= 15 is 0 Å². The van der Waals surface area contributed by atoms with Crippen LogP contribution in [0.3, 0.4) is 0 Å². The van der Waals surface area contributed by atoms with Crippen LogP contribution in [0.4, 0.5) is 0 Å². The number of likely N-dealkylation sites (N-methyl/N-ethyl adjacent to an activating group) is 1. The zero-order chi connectivity index (χ0) is 12.0. The van der Waals surface area contributed by atoms with Gasteiger partial charge in [-0.1, -0.05) is 6.08 Å². The molecule has 1 unspecified atom stereocenters. The molecule has 1 rings (SSSR count). The minimum absolute atomic E-state index is 0.275. The highest BCUT2D eigenvalue weighted by Crippen LogP contribution is 2.10. The number of hydrogen-bond donors (Lipinski definition) is 1. The van der Waals surface area contributed by atoms with Crippen molar-refractivity contribution in [1.82, 2.24) is 9.88 Å². The zero-order valence-corrected chi connectivity index (χ0v) is 10.8. The van der Waals surface area contributed by atoms with E-state index in [0.29, 0.717) is 6.54 Å². The SMILES string of the molecule is C=CCCC(O)CN(C)Cc1csc(C)n1. The van der Waals surface area contributed by atoms with Crippen LogP contribution in [-0.4, -0.2) is 34.7 Å². The molecule has 0 aliphatic rings. The summed E-state index contributed by atoms with van der Waals surface area (Å²) in [4.78, 5) is 6.50. The van der Waals surface area contributed by atoms with Gasteiger partial charge in [0.25, 0.3) is 0 Å². The van der Waals surface area contributed by atoms with Gasteiger partial charge in [0.2, 0.25) is 0 Å². The molecular weight excluding hydrogens is 220 g/mol. The van der Waals surface area contributed by atoms with Gasteiger partial charge in [-0.2, -0.15) is 0 Å². The van der Waals surface area contributed by atoms with E-state index in [0.717, 1.165) is 30.1 Å². The van der Waals surface area contributed by atoms with Gasteiger partial charge in [0.1, 0.15) is 0 Å². The molecule has 1 aromatic rings. The van der Waals surface area contributed by atoms with Crippen molar-refractivity contribution < 1.29 is 5.11 Å². The number of aromatic nitrogens is 1. The molecule has 16 heavy (non-hydrogen) atoms. The molecule has 0 aliphatic heterocycles. The van der Waals surface area contributed by atoms with E-state index in [2.05, 4.69) is 21.8 Å². The summed E-state index contributed by atoms with van der Waals surface area (Å²) in [5.74, 6) is 0. The molecule has 90 valence electrons. The molecule has 0 aromatic carbocycles. The zero-order valence-electron chi connectivity index (χ0n) is 10.0. The van der Waals surface area contributed by atoms with Crippen LogP contribution in [0.15, 0.2) is 18.0 Å². The summed E-state index contributed by atoms with van der Waals surface area (Å²) in [6.45, 7) is 7.14. The fourth-order valence-corrected chi connectivity index (χ4v) is 2.19. The van der Waals surface area contributed by atoms with Crippen LogP contribution < -0.4 is 0 Å². The Morgan fingerprint density at radius 1 is 1.69 bits per heavy atom. The first-order valence-electron chi connectivity index (χ1n) is 5.50. The van der Waals surface area contributed by atoms with Crippen molar-refractivity contribution in [3.05, 3.63) is 28.7 Å². The second kappa shape index (κ2) is 6.78. The molecule has 1 heterocycles. The van der Waals surface area contributed by atoms with E-state index in [1.165, 1.54) is 0 Å². The monoisotopic (exact) mass is 240 g/mol. The minimum Gasteiger partial charge on any atom is -0.392 e. The van der Waals surface area contributed by atoms with Gasteiger partial charge in [-0.05, 0) is 26.8 Å². The number of aliphatic hydroxyl groups excluding tert-OH is 1. The predicted octanol–water partition coefficient (Wildman–Crippen LogP) is 2.21. The Bertz CT molecular complexity index is 325. The van der Waals surface area contributed by atoms with Gasteiger partial charge >= 0.3 is 0 Å². The quantitative estimate of drug-likeness (QED) is 0.742. The molecule has 1 atom stereocenters. The molecule has 1 aromatic heterocycles. The highest BCUT2D eigenvalue weighted by Gasteiger charge is 2.09. The van der Waals surface area contributed by atoms with Crippen LogP contribution in [0.2, 0.25) is 0 Å². The fraction of sp³-hybridized carbons (Fsp3) is 0.583. The summed E-state index contributed by atoms with van der Waals surface area (Å²) in [5.41, 5.74) is 1.08. The second-order valence-electron chi connectivity index (χ2n) is 4.07. The number of hydrogen-bond acceptors (Lipinski definition) is 4. The third-order valence-electron chi connectivity index (χ3n) is 2.32. The molecule has 0 radical (unpaired) electrons. The van der Waals surface area contributed by atoms with Gasteiger partial charge in [0, 0.05) is 18.5 Å². The molecule has 0 fully saturated rings. The first-order chi connectivity index (χ1) is 7.61. The molecule has 0 saturated heterocycles. The second-order valence-corrected chi connectivity index (χ2v) is 5.14. The Labute approximate surface area is 101 Å². The molecular formula is C12H20N2OS. The highest BCUT2D eigenvalue weighted by atomic mass is 32.1. The van der Waals surface area contributed by atoms with Gasteiger partial charge < -0.3 is 5.11 Å². The Kier molecular flexibility index (Phi) is 5.66. The lowest BCUT2D eigenvalue weighted by Crippen LogP contribution is -2.28. The third-order valence-corrected chi connectivity index (χ3v) is 3.15. The summed E-state index contributed by atoms with van der Waals surface area (Å²) in [5, 5.41) is 12.9. The van der Waals surface area contributed by atoms with Gasteiger partial charge in [0.05, 0.1) is 16.8 Å². The third kappa shape index (κ3) is 4.88. The van der Waals surface area contributed by atoms with E-state index in [-0.39, 0.29) is 6.10 Å². The van der Waals surface area contributed by atoms with E-state index in [9.17, 15) is 5.11 Å².